The molecular weight excluding hydrogens is 396 g/mol. The summed E-state index contributed by atoms with van der Waals surface area (Å²) in [6.45, 7) is 0. The van der Waals surface area contributed by atoms with Gasteiger partial charge in [0.2, 0.25) is 5.91 Å². The van der Waals surface area contributed by atoms with Crippen LogP contribution in [0.15, 0.2) is 76.3 Å². The van der Waals surface area contributed by atoms with Crippen LogP contribution >= 0.6 is 11.3 Å². The maximum atomic E-state index is 12.9. The van der Waals surface area contributed by atoms with E-state index in [-0.39, 0.29) is 10.6 Å². The van der Waals surface area contributed by atoms with Gasteiger partial charge in [0, 0.05) is 11.8 Å². The van der Waals surface area contributed by atoms with Crippen molar-refractivity contribution in [3.8, 4) is 5.75 Å². The van der Waals surface area contributed by atoms with Gasteiger partial charge in [0.25, 0.3) is 10.0 Å². The zero-order valence-electron chi connectivity index (χ0n) is 15.2. The Hall–Kier alpha value is -2.68. The lowest BCUT2D eigenvalue weighted by Crippen LogP contribution is -2.45. The van der Waals surface area contributed by atoms with E-state index in [0.717, 1.165) is 16.9 Å². The van der Waals surface area contributed by atoms with Gasteiger partial charge in [0.15, 0.2) is 0 Å². The van der Waals surface area contributed by atoms with Crippen molar-refractivity contribution in [2.75, 3.05) is 12.4 Å². The third-order valence-corrected chi connectivity index (χ3v) is 6.86. The van der Waals surface area contributed by atoms with E-state index in [1.54, 1.807) is 35.7 Å². The molecule has 1 atom stereocenters. The molecule has 0 spiro atoms. The van der Waals surface area contributed by atoms with Gasteiger partial charge >= 0.3 is 0 Å². The Bertz CT molecular complexity index is 1020. The summed E-state index contributed by atoms with van der Waals surface area (Å²) >= 11 is 1.10. The van der Waals surface area contributed by atoms with Crippen molar-refractivity contribution in [1.29, 1.82) is 0 Å². The SMILES string of the molecule is COc1cccc(NC(=O)C(Cc2ccccc2)NS(=O)(=O)c2cccs2)c1. The third kappa shape index (κ3) is 5.19. The Labute approximate surface area is 168 Å². The van der Waals surface area contributed by atoms with Gasteiger partial charge in [-0.25, -0.2) is 8.42 Å². The molecule has 3 rings (SSSR count). The third-order valence-electron chi connectivity index (χ3n) is 3.99. The predicted octanol–water partition coefficient (Wildman–Crippen LogP) is 3.29. The number of carbonyl (C=O) groups excluding carboxylic acids is 1. The summed E-state index contributed by atoms with van der Waals surface area (Å²) in [6.07, 6.45) is 0.223. The fourth-order valence-electron chi connectivity index (χ4n) is 2.63. The Kier molecular flexibility index (Phi) is 6.45. The number of nitrogens with one attached hydrogen (secondary N) is 2. The Morgan fingerprint density at radius 2 is 1.86 bits per heavy atom. The average Bonchev–Trinajstić information content (AvgIpc) is 3.24. The zero-order chi connectivity index (χ0) is 20.0. The van der Waals surface area contributed by atoms with E-state index >= 15 is 0 Å². The van der Waals surface area contributed by atoms with E-state index in [2.05, 4.69) is 10.0 Å². The number of benzene rings is 2. The Balaban J connectivity index is 1.83. The Morgan fingerprint density at radius 1 is 1.07 bits per heavy atom. The second-order valence-electron chi connectivity index (χ2n) is 6.02. The van der Waals surface area contributed by atoms with Crippen molar-refractivity contribution in [3.05, 3.63) is 77.7 Å². The zero-order valence-corrected chi connectivity index (χ0v) is 16.8. The molecule has 0 aliphatic rings. The molecule has 0 radical (unpaired) electrons. The number of methoxy groups -OCH3 is 1. The van der Waals surface area contributed by atoms with Crippen LogP contribution in [0.3, 0.4) is 0 Å². The lowest BCUT2D eigenvalue weighted by molar-refractivity contribution is -0.117. The molecule has 146 valence electrons. The topological polar surface area (TPSA) is 84.5 Å². The quantitative estimate of drug-likeness (QED) is 0.590. The molecule has 3 aromatic rings. The standard InChI is InChI=1S/C20H20N2O4S2/c1-26-17-10-5-9-16(14-17)21-20(23)18(13-15-7-3-2-4-8-15)22-28(24,25)19-11-6-12-27-19/h2-12,14,18,22H,13H2,1H3,(H,21,23). The first-order valence-electron chi connectivity index (χ1n) is 8.52. The van der Waals surface area contributed by atoms with Crippen LogP contribution in [0.5, 0.6) is 5.75 Å². The number of sulfonamides is 1. The molecular formula is C20H20N2O4S2. The van der Waals surface area contributed by atoms with Crippen molar-refractivity contribution < 1.29 is 17.9 Å². The maximum Gasteiger partial charge on any atom is 0.250 e. The van der Waals surface area contributed by atoms with Crippen LogP contribution in [0.2, 0.25) is 0 Å². The minimum absolute atomic E-state index is 0.166. The number of anilines is 1. The maximum absolute atomic E-state index is 12.9. The smallest absolute Gasteiger partial charge is 0.250 e. The Morgan fingerprint density at radius 3 is 2.54 bits per heavy atom. The van der Waals surface area contributed by atoms with Crippen LogP contribution in [-0.2, 0) is 21.2 Å². The highest BCUT2D eigenvalue weighted by Gasteiger charge is 2.27. The van der Waals surface area contributed by atoms with Gasteiger partial charge < -0.3 is 10.1 Å². The molecule has 1 amide bonds. The summed E-state index contributed by atoms with van der Waals surface area (Å²) in [4.78, 5) is 12.9. The molecule has 0 aliphatic carbocycles. The number of hydrogen-bond acceptors (Lipinski definition) is 5. The number of amides is 1. The number of rotatable bonds is 8. The first-order valence-corrected chi connectivity index (χ1v) is 10.9. The van der Waals surface area contributed by atoms with Crippen molar-refractivity contribution in [1.82, 2.24) is 4.72 Å². The van der Waals surface area contributed by atoms with Gasteiger partial charge in [-0.2, -0.15) is 4.72 Å². The van der Waals surface area contributed by atoms with Crippen LogP contribution in [-0.4, -0.2) is 27.5 Å². The molecule has 2 N–H and O–H groups in total. The van der Waals surface area contributed by atoms with Gasteiger partial charge in [-0.05, 0) is 35.6 Å². The fraction of sp³-hybridized carbons (Fsp3) is 0.150. The first kappa shape index (κ1) is 20.1. The van der Waals surface area contributed by atoms with E-state index < -0.39 is 22.0 Å². The minimum atomic E-state index is -3.80. The lowest BCUT2D eigenvalue weighted by Gasteiger charge is -2.18. The minimum Gasteiger partial charge on any atom is -0.497 e. The van der Waals surface area contributed by atoms with E-state index in [1.165, 1.54) is 13.2 Å². The fourth-order valence-corrected chi connectivity index (χ4v) is 4.83. The van der Waals surface area contributed by atoms with Crippen molar-refractivity contribution in [2.45, 2.75) is 16.7 Å². The van der Waals surface area contributed by atoms with Crippen LogP contribution in [0.25, 0.3) is 0 Å². The molecule has 0 fully saturated rings. The average molecular weight is 417 g/mol. The van der Waals surface area contributed by atoms with Gasteiger partial charge in [-0.15, -0.1) is 11.3 Å². The van der Waals surface area contributed by atoms with Crippen molar-refractivity contribution >= 4 is 33.0 Å². The number of hydrogen-bond donors (Lipinski definition) is 2. The number of ether oxygens (including phenoxy) is 1. The van der Waals surface area contributed by atoms with Gasteiger partial charge in [-0.1, -0.05) is 42.5 Å². The highest BCUT2D eigenvalue weighted by atomic mass is 32.2. The van der Waals surface area contributed by atoms with Crippen LogP contribution in [0, 0.1) is 0 Å². The summed E-state index contributed by atoms with van der Waals surface area (Å²) in [7, 11) is -2.27. The van der Waals surface area contributed by atoms with Crippen molar-refractivity contribution in [2.24, 2.45) is 0 Å². The largest absolute Gasteiger partial charge is 0.497 e. The molecule has 0 aliphatic heterocycles. The molecule has 1 unspecified atom stereocenters. The van der Waals surface area contributed by atoms with E-state index in [9.17, 15) is 13.2 Å². The summed E-state index contributed by atoms with van der Waals surface area (Å²) < 4.78 is 33.2. The molecule has 0 saturated carbocycles. The monoisotopic (exact) mass is 416 g/mol. The molecule has 6 nitrogen and oxygen atoms in total. The van der Waals surface area contributed by atoms with Gasteiger partial charge in [0.05, 0.1) is 7.11 Å². The van der Waals surface area contributed by atoms with E-state index in [1.807, 2.05) is 30.3 Å². The summed E-state index contributed by atoms with van der Waals surface area (Å²) in [6, 6.07) is 18.3. The van der Waals surface area contributed by atoms with E-state index in [4.69, 9.17) is 4.74 Å². The highest BCUT2D eigenvalue weighted by molar-refractivity contribution is 7.91. The molecule has 0 bridgehead atoms. The molecule has 28 heavy (non-hydrogen) atoms. The van der Waals surface area contributed by atoms with Crippen LogP contribution in [0.4, 0.5) is 5.69 Å². The van der Waals surface area contributed by atoms with Gasteiger partial charge in [-0.3, -0.25) is 4.79 Å². The van der Waals surface area contributed by atoms with Crippen molar-refractivity contribution in [3.63, 3.8) is 0 Å². The van der Waals surface area contributed by atoms with Gasteiger partial charge in [0.1, 0.15) is 16.0 Å². The number of carbonyl (C=O) groups is 1. The molecule has 2 aromatic carbocycles. The van der Waals surface area contributed by atoms with Crippen LogP contribution < -0.4 is 14.8 Å². The second-order valence-corrected chi connectivity index (χ2v) is 8.91. The summed E-state index contributed by atoms with van der Waals surface area (Å²) in [5.41, 5.74) is 1.37. The highest BCUT2D eigenvalue weighted by Crippen LogP contribution is 2.19. The molecule has 1 aromatic heterocycles. The lowest BCUT2D eigenvalue weighted by atomic mass is 10.1. The van der Waals surface area contributed by atoms with E-state index in [0.29, 0.717) is 11.4 Å². The molecule has 0 saturated heterocycles. The normalized spacial score (nSPS) is 12.3. The van der Waals surface area contributed by atoms with Crippen LogP contribution in [0.1, 0.15) is 5.56 Å². The summed E-state index contributed by atoms with van der Waals surface area (Å²) in [5, 5.41) is 4.44. The molecule has 8 heteroatoms. The molecule has 1 heterocycles. The second kappa shape index (κ2) is 9.01. The number of thiophene rings is 1. The summed E-state index contributed by atoms with van der Waals surface area (Å²) in [5.74, 6) is 0.147. The predicted molar refractivity (Wildman–Crippen MR) is 110 cm³/mol. The first-order chi connectivity index (χ1) is 13.5.